The van der Waals surface area contributed by atoms with Gasteiger partial charge in [-0.25, -0.2) is 4.68 Å². The van der Waals surface area contributed by atoms with Crippen LogP contribution in [0.25, 0.3) is 5.69 Å². The third kappa shape index (κ3) is 2.73. The molecule has 1 aromatic heterocycles. The van der Waals surface area contributed by atoms with Crippen LogP contribution in [-0.4, -0.2) is 9.78 Å². The van der Waals surface area contributed by atoms with Gasteiger partial charge in [-0.15, -0.1) is 0 Å². The molecular formula is C18H19N3. The number of hydrogen-bond donors (Lipinski definition) is 1. The number of aryl methyl sites for hydroxylation is 2. The topological polar surface area (TPSA) is 43.8 Å². The second kappa shape index (κ2) is 5.54. The Morgan fingerprint density at radius 2 is 1.62 bits per heavy atom. The fraction of sp³-hybridized carbons (Fsp3) is 0.167. The van der Waals surface area contributed by atoms with Gasteiger partial charge in [0.1, 0.15) is 0 Å². The first-order valence-electron chi connectivity index (χ1n) is 7.08. The number of hydrogen-bond acceptors (Lipinski definition) is 2. The molecule has 0 spiro atoms. The highest BCUT2D eigenvalue weighted by molar-refractivity contribution is 5.38. The molecule has 2 aromatic carbocycles. The maximum Gasteiger partial charge on any atom is 0.0728 e. The van der Waals surface area contributed by atoms with Gasteiger partial charge in [0.05, 0.1) is 17.4 Å². The number of benzene rings is 2. The molecule has 3 heteroatoms. The summed E-state index contributed by atoms with van der Waals surface area (Å²) in [5.74, 6) is 0. The molecule has 3 aromatic rings. The average molecular weight is 277 g/mol. The summed E-state index contributed by atoms with van der Waals surface area (Å²) >= 11 is 0. The van der Waals surface area contributed by atoms with E-state index in [1.54, 1.807) is 6.20 Å². The van der Waals surface area contributed by atoms with E-state index in [0.717, 1.165) is 16.9 Å². The summed E-state index contributed by atoms with van der Waals surface area (Å²) < 4.78 is 1.91. The van der Waals surface area contributed by atoms with Crippen LogP contribution in [0.5, 0.6) is 0 Å². The van der Waals surface area contributed by atoms with Crippen molar-refractivity contribution in [2.45, 2.75) is 19.9 Å². The van der Waals surface area contributed by atoms with Gasteiger partial charge in [0.25, 0.3) is 0 Å². The Morgan fingerprint density at radius 1 is 0.952 bits per heavy atom. The van der Waals surface area contributed by atoms with Crippen molar-refractivity contribution in [1.82, 2.24) is 9.78 Å². The van der Waals surface area contributed by atoms with Gasteiger partial charge in [-0.1, -0.05) is 47.5 Å². The largest absolute Gasteiger partial charge is 0.319 e. The zero-order valence-electron chi connectivity index (χ0n) is 12.3. The summed E-state index contributed by atoms with van der Waals surface area (Å²) in [6.07, 6.45) is 1.80. The number of rotatable bonds is 3. The highest BCUT2D eigenvalue weighted by Crippen LogP contribution is 2.23. The standard InChI is InChI=1S/C18H19N3/c1-13-10-14(2)12-15(11-13)18(19)17-8-9-20-21(17)16-6-4-3-5-7-16/h3-12,18H,19H2,1-2H3. The molecule has 0 radical (unpaired) electrons. The van der Waals surface area contributed by atoms with E-state index in [1.165, 1.54) is 11.1 Å². The predicted octanol–water partition coefficient (Wildman–Crippen LogP) is 3.54. The van der Waals surface area contributed by atoms with Crippen LogP contribution >= 0.6 is 0 Å². The van der Waals surface area contributed by atoms with E-state index in [-0.39, 0.29) is 6.04 Å². The average Bonchev–Trinajstić information content (AvgIpc) is 2.95. The van der Waals surface area contributed by atoms with E-state index in [9.17, 15) is 0 Å². The van der Waals surface area contributed by atoms with Gasteiger partial charge in [0.15, 0.2) is 0 Å². The lowest BCUT2D eigenvalue weighted by Crippen LogP contribution is -2.17. The zero-order valence-corrected chi connectivity index (χ0v) is 12.3. The van der Waals surface area contributed by atoms with Crippen molar-refractivity contribution in [3.05, 3.63) is 83.2 Å². The van der Waals surface area contributed by atoms with Crippen molar-refractivity contribution in [1.29, 1.82) is 0 Å². The molecular weight excluding hydrogens is 258 g/mol. The van der Waals surface area contributed by atoms with Crippen LogP contribution < -0.4 is 5.73 Å². The highest BCUT2D eigenvalue weighted by Gasteiger charge is 2.15. The molecule has 1 atom stereocenters. The van der Waals surface area contributed by atoms with E-state index in [0.29, 0.717) is 0 Å². The quantitative estimate of drug-likeness (QED) is 0.795. The van der Waals surface area contributed by atoms with Gasteiger partial charge >= 0.3 is 0 Å². The first-order chi connectivity index (χ1) is 10.1. The summed E-state index contributed by atoms with van der Waals surface area (Å²) in [5.41, 5.74) is 12.1. The lowest BCUT2D eigenvalue weighted by atomic mass is 9.99. The van der Waals surface area contributed by atoms with E-state index < -0.39 is 0 Å². The SMILES string of the molecule is Cc1cc(C)cc(C(N)c2ccnn2-c2ccccc2)c1. The fourth-order valence-corrected chi connectivity index (χ4v) is 2.69. The van der Waals surface area contributed by atoms with Gasteiger partial charge in [-0.05, 0) is 37.6 Å². The predicted molar refractivity (Wildman–Crippen MR) is 85.5 cm³/mol. The molecule has 0 amide bonds. The Labute approximate surface area is 125 Å². The van der Waals surface area contributed by atoms with Crippen molar-refractivity contribution in [3.63, 3.8) is 0 Å². The van der Waals surface area contributed by atoms with Crippen molar-refractivity contribution in [2.75, 3.05) is 0 Å². The van der Waals surface area contributed by atoms with E-state index >= 15 is 0 Å². The maximum atomic E-state index is 6.48. The van der Waals surface area contributed by atoms with Gasteiger partial charge in [0.2, 0.25) is 0 Å². The van der Waals surface area contributed by atoms with Crippen LogP contribution in [0.2, 0.25) is 0 Å². The number of nitrogens with zero attached hydrogens (tertiary/aromatic N) is 2. The summed E-state index contributed by atoms with van der Waals surface area (Å²) in [7, 11) is 0. The molecule has 1 unspecified atom stereocenters. The first kappa shape index (κ1) is 13.6. The lowest BCUT2D eigenvalue weighted by molar-refractivity contribution is 0.738. The number of para-hydroxylation sites is 1. The zero-order chi connectivity index (χ0) is 14.8. The summed E-state index contributed by atoms with van der Waals surface area (Å²) in [4.78, 5) is 0. The van der Waals surface area contributed by atoms with Crippen LogP contribution in [0.3, 0.4) is 0 Å². The van der Waals surface area contributed by atoms with Crippen LogP contribution in [0.4, 0.5) is 0 Å². The highest BCUT2D eigenvalue weighted by atomic mass is 15.3. The molecule has 0 aliphatic carbocycles. The van der Waals surface area contributed by atoms with Crippen LogP contribution in [-0.2, 0) is 0 Å². The van der Waals surface area contributed by atoms with Crippen LogP contribution in [0, 0.1) is 13.8 Å². The molecule has 0 fully saturated rings. The molecule has 0 aliphatic rings. The summed E-state index contributed by atoms with van der Waals surface area (Å²) in [5, 5.41) is 4.41. The van der Waals surface area contributed by atoms with Crippen LogP contribution in [0.1, 0.15) is 28.4 Å². The van der Waals surface area contributed by atoms with Crippen molar-refractivity contribution in [2.24, 2.45) is 5.73 Å². The van der Waals surface area contributed by atoms with Gasteiger partial charge < -0.3 is 5.73 Å². The molecule has 0 bridgehead atoms. The van der Waals surface area contributed by atoms with Crippen LogP contribution in [0.15, 0.2) is 60.8 Å². The minimum absolute atomic E-state index is 0.189. The van der Waals surface area contributed by atoms with E-state index in [4.69, 9.17) is 5.73 Å². The lowest BCUT2D eigenvalue weighted by Gasteiger charge is -2.16. The molecule has 3 nitrogen and oxygen atoms in total. The molecule has 21 heavy (non-hydrogen) atoms. The van der Waals surface area contributed by atoms with Gasteiger partial charge in [-0.3, -0.25) is 0 Å². The molecule has 2 N–H and O–H groups in total. The minimum atomic E-state index is -0.189. The molecule has 106 valence electrons. The Morgan fingerprint density at radius 3 is 2.29 bits per heavy atom. The third-order valence-electron chi connectivity index (χ3n) is 3.59. The van der Waals surface area contributed by atoms with Gasteiger partial charge in [0, 0.05) is 6.20 Å². The second-order valence-electron chi connectivity index (χ2n) is 5.40. The van der Waals surface area contributed by atoms with E-state index in [1.807, 2.05) is 41.1 Å². The second-order valence-corrected chi connectivity index (χ2v) is 5.40. The Bertz CT molecular complexity index is 724. The summed E-state index contributed by atoms with van der Waals surface area (Å²) in [6.45, 7) is 4.19. The van der Waals surface area contributed by atoms with Crippen molar-refractivity contribution >= 4 is 0 Å². The van der Waals surface area contributed by atoms with Gasteiger partial charge in [-0.2, -0.15) is 5.10 Å². The molecule has 1 heterocycles. The summed E-state index contributed by atoms with van der Waals surface area (Å²) in [6, 6.07) is 18.3. The Kier molecular flexibility index (Phi) is 3.59. The molecule has 0 saturated carbocycles. The maximum absolute atomic E-state index is 6.48. The Balaban J connectivity index is 2.03. The van der Waals surface area contributed by atoms with Crippen molar-refractivity contribution in [3.8, 4) is 5.69 Å². The normalized spacial score (nSPS) is 12.3. The monoisotopic (exact) mass is 277 g/mol. The smallest absolute Gasteiger partial charge is 0.0728 e. The number of aromatic nitrogens is 2. The first-order valence-corrected chi connectivity index (χ1v) is 7.08. The fourth-order valence-electron chi connectivity index (χ4n) is 2.69. The van der Waals surface area contributed by atoms with Crippen molar-refractivity contribution < 1.29 is 0 Å². The molecule has 0 aliphatic heterocycles. The Hall–Kier alpha value is -2.39. The minimum Gasteiger partial charge on any atom is -0.319 e. The third-order valence-corrected chi connectivity index (χ3v) is 3.59. The van der Waals surface area contributed by atoms with E-state index in [2.05, 4.69) is 37.1 Å². The number of nitrogens with two attached hydrogens (primary N) is 1. The molecule has 3 rings (SSSR count). The molecule has 0 saturated heterocycles.